The molecule has 2 heterocycles. The van der Waals surface area contributed by atoms with E-state index in [4.69, 9.17) is 4.74 Å². The van der Waals surface area contributed by atoms with Gasteiger partial charge in [0.15, 0.2) is 17.5 Å². The maximum Gasteiger partial charge on any atom is 0.265 e. The van der Waals surface area contributed by atoms with Gasteiger partial charge in [-0.2, -0.15) is 0 Å². The lowest BCUT2D eigenvalue weighted by molar-refractivity contribution is -0.121. The van der Waals surface area contributed by atoms with Gasteiger partial charge in [-0.15, -0.1) is 0 Å². The number of amides is 1. The minimum Gasteiger partial charge on any atom is -0.482 e. The summed E-state index contributed by atoms with van der Waals surface area (Å²) in [5.41, 5.74) is 1.22. The number of aromatic nitrogens is 2. The minimum absolute atomic E-state index is 0.0155. The van der Waals surface area contributed by atoms with Crippen molar-refractivity contribution in [1.82, 2.24) is 9.97 Å². The first-order valence-electron chi connectivity index (χ1n) is 6.91. The van der Waals surface area contributed by atoms with E-state index >= 15 is 0 Å². The van der Waals surface area contributed by atoms with E-state index < -0.39 is 0 Å². The number of nitrogens with one attached hydrogen (secondary N) is 1. The third-order valence-corrected chi connectivity index (χ3v) is 4.26. The number of ketones is 1. The van der Waals surface area contributed by atoms with Crippen LogP contribution in [-0.4, -0.2) is 40.6 Å². The van der Waals surface area contributed by atoms with Gasteiger partial charge < -0.3 is 14.6 Å². The zero-order valence-electron chi connectivity index (χ0n) is 12.0. The summed E-state index contributed by atoms with van der Waals surface area (Å²) >= 11 is 1.35. The monoisotopic (exact) mass is 317 g/mol. The molecule has 0 spiro atoms. The Morgan fingerprint density at radius 2 is 2.36 bits per heavy atom. The highest BCUT2D eigenvalue weighted by Crippen LogP contribution is 2.33. The number of fused-ring (bicyclic) bond motifs is 1. The summed E-state index contributed by atoms with van der Waals surface area (Å²) in [6.45, 7) is 2.49. The van der Waals surface area contributed by atoms with Crippen molar-refractivity contribution in [2.45, 2.75) is 12.1 Å². The number of hydrogen-bond donors (Lipinski definition) is 1. The number of Topliss-reactive ketones (excluding diaryl/α,β-unsaturated/α-hetero) is 1. The Balaban J connectivity index is 1.78. The Bertz CT molecular complexity index is 700. The molecule has 6 nitrogen and oxygen atoms in total. The number of rotatable bonds is 5. The predicted molar refractivity (Wildman–Crippen MR) is 83.6 cm³/mol. The molecule has 0 atom stereocenters. The lowest BCUT2D eigenvalue weighted by Gasteiger charge is -2.28. The third kappa shape index (κ3) is 2.85. The summed E-state index contributed by atoms with van der Waals surface area (Å²) in [5.74, 6) is 0.812. The first-order chi connectivity index (χ1) is 10.7. The lowest BCUT2D eigenvalue weighted by atomic mass is 10.1. The fourth-order valence-corrected chi connectivity index (χ4v) is 2.99. The standard InChI is InChI=1S/C15H15N3O3S/c1-2-18-11-7-10(3-4-13(11)21-8-14(18)20)12(19)9-22-15-16-5-6-17-15/h3-7H,2,8-9H2,1H3,(H,16,17). The SMILES string of the molecule is CCN1C(=O)COc2ccc(C(=O)CSc3ncc[nH]3)cc21. The molecule has 1 amide bonds. The number of anilines is 1. The smallest absolute Gasteiger partial charge is 0.265 e. The van der Waals surface area contributed by atoms with Crippen molar-refractivity contribution < 1.29 is 14.3 Å². The van der Waals surface area contributed by atoms with E-state index in [0.29, 0.717) is 28.7 Å². The molecule has 22 heavy (non-hydrogen) atoms. The van der Waals surface area contributed by atoms with Crippen molar-refractivity contribution in [1.29, 1.82) is 0 Å². The van der Waals surface area contributed by atoms with Gasteiger partial charge in [0.2, 0.25) is 0 Å². The van der Waals surface area contributed by atoms with Crippen molar-refractivity contribution in [2.75, 3.05) is 23.8 Å². The van der Waals surface area contributed by atoms with Gasteiger partial charge in [0.05, 0.1) is 11.4 Å². The molecule has 1 aromatic carbocycles. The van der Waals surface area contributed by atoms with E-state index in [9.17, 15) is 9.59 Å². The van der Waals surface area contributed by atoms with E-state index in [2.05, 4.69) is 9.97 Å². The number of nitrogens with zero attached hydrogens (tertiary/aromatic N) is 2. The van der Waals surface area contributed by atoms with Crippen molar-refractivity contribution in [3.8, 4) is 5.75 Å². The van der Waals surface area contributed by atoms with Gasteiger partial charge in [-0.1, -0.05) is 11.8 Å². The van der Waals surface area contributed by atoms with Crippen LogP contribution in [0.15, 0.2) is 35.7 Å². The molecule has 0 aliphatic carbocycles. The van der Waals surface area contributed by atoms with Crippen molar-refractivity contribution in [2.24, 2.45) is 0 Å². The molecular weight excluding hydrogens is 302 g/mol. The van der Waals surface area contributed by atoms with Crippen LogP contribution in [0, 0.1) is 0 Å². The average molecular weight is 317 g/mol. The number of carbonyl (C=O) groups is 2. The van der Waals surface area contributed by atoms with Crippen LogP contribution in [0.1, 0.15) is 17.3 Å². The number of H-pyrrole nitrogens is 1. The third-order valence-electron chi connectivity index (χ3n) is 3.35. The highest BCUT2D eigenvalue weighted by atomic mass is 32.2. The number of imidazole rings is 1. The summed E-state index contributed by atoms with van der Waals surface area (Å²) in [6.07, 6.45) is 3.36. The molecule has 0 fully saturated rings. The molecule has 0 unspecified atom stereocenters. The largest absolute Gasteiger partial charge is 0.482 e. The fraction of sp³-hybridized carbons (Fsp3) is 0.267. The normalized spacial score (nSPS) is 13.7. The Hall–Kier alpha value is -2.28. The second-order valence-corrected chi connectivity index (χ2v) is 5.68. The van der Waals surface area contributed by atoms with Crippen LogP contribution in [0.4, 0.5) is 5.69 Å². The average Bonchev–Trinajstić information content (AvgIpc) is 3.05. The molecule has 1 aromatic heterocycles. The molecule has 2 aromatic rings. The molecule has 1 N–H and O–H groups in total. The van der Waals surface area contributed by atoms with Gasteiger partial charge in [0.1, 0.15) is 5.75 Å². The van der Waals surface area contributed by atoms with E-state index in [-0.39, 0.29) is 24.1 Å². The Labute approximate surface area is 131 Å². The Morgan fingerprint density at radius 1 is 1.50 bits per heavy atom. The maximum absolute atomic E-state index is 12.3. The van der Waals surface area contributed by atoms with Gasteiger partial charge in [0, 0.05) is 24.5 Å². The number of carbonyl (C=O) groups excluding carboxylic acids is 2. The topological polar surface area (TPSA) is 75.3 Å². The second kappa shape index (κ2) is 6.23. The predicted octanol–water partition coefficient (Wildman–Crippen LogP) is 2.13. The van der Waals surface area contributed by atoms with E-state index in [0.717, 1.165) is 0 Å². The molecule has 0 bridgehead atoms. The molecule has 0 saturated carbocycles. The van der Waals surface area contributed by atoms with Crippen LogP contribution in [0.5, 0.6) is 5.75 Å². The summed E-state index contributed by atoms with van der Waals surface area (Å²) in [7, 11) is 0. The van der Waals surface area contributed by atoms with Crippen LogP contribution in [0.3, 0.4) is 0 Å². The van der Waals surface area contributed by atoms with Crippen molar-refractivity contribution in [3.63, 3.8) is 0 Å². The van der Waals surface area contributed by atoms with Crippen LogP contribution in [-0.2, 0) is 4.79 Å². The number of aromatic amines is 1. The zero-order chi connectivity index (χ0) is 15.5. The first kappa shape index (κ1) is 14.6. The van der Waals surface area contributed by atoms with Gasteiger partial charge in [0.25, 0.3) is 5.91 Å². The van der Waals surface area contributed by atoms with Gasteiger partial charge >= 0.3 is 0 Å². The van der Waals surface area contributed by atoms with Gasteiger partial charge in [-0.3, -0.25) is 9.59 Å². The number of likely N-dealkylation sites (N-methyl/N-ethyl adjacent to an activating group) is 1. The van der Waals surface area contributed by atoms with Crippen LogP contribution in [0.2, 0.25) is 0 Å². The molecule has 7 heteroatoms. The molecule has 114 valence electrons. The fourth-order valence-electron chi connectivity index (χ4n) is 2.27. The minimum atomic E-state index is -0.0930. The van der Waals surface area contributed by atoms with Gasteiger partial charge in [-0.25, -0.2) is 4.98 Å². The summed E-state index contributed by atoms with van der Waals surface area (Å²) in [4.78, 5) is 32.8. The molecule has 1 aliphatic rings. The molecule has 0 saturated heterocycles. The highest BCUT2D eigenvalue weighted by molar-refractivity contribution is 7.99. The van der Waals surface area contributed by atoms with Crippen LogP contribution in [0.25, 0.3) is 0 Å². The molecular formula is C15H15N3O3S. The first-order valence-corrected chi connectivity index (χ1v) is 7.90. The van der Waals surface area contributed by atoms with Crippen LogP contribution >= 0.6 is 11.8 Å². The second-order valence-electron chi connectivity index (χ2n) is 4.72. The molecule has 1 aliphatic heterocycles. The molecule has 0 radical (unpaired) electrons. The number of ether oxygens (including phenoxy) is 1. The van der Waals surface area contributed by atoms with Crippen molar-refractivity contribution >= 4 is 29.1 Å². The summed E-state index contributed by atoms with van der Waals surface area (Å²) < 4.78 is 5.40. The van der Waals surface area contributed by atoms with E-state index in [1.165, 1.54) is 11.8 Å². The zero-order valence-corrected chi connectivity index (χ0v) is 12.9. The lowest BCUT2D eigenvalue weighted by Crippen LogP contribution is -2.38. The quantitative estimate of drug-likeness (QED) is 0.675. The Morgan fingerprint density at radius 3 is 3.09 bits per heavy atom. The van der Waals surface area contributed by atoms with Crippen molar-refractivity contribution in [3.05, 3.63) is 36.2 Å². The Kier molecular flexibility index (Phi) is 4.15. The summed E-state index contributed by atoms with van der Waals surface area (Å²) in [5, 5.41) is 0.708. The van der Waals surface area contributed by atoms with Crippen LogP contribution < -0.4 is 9.64 Å². The number of hydrogen-bond acceptors (Lipinski definition) is 5. The highest BCUT2D eigenvalue weighted by Gasteiger charge is 2.25. The summed E-state index contributed by atoms with van der Waals surface area (Å²) in [6, 6.07) is 5.20. The van der Waals surface area contributed by atoms with E-state index in [1.54, 1.807) is 35.5 Å². The number of benzene rings is 1. The van der Waals surface area contributed by atoms with Gasteiger partial charge in [-0.05, 0) is 25.1 Å². The maximum atomic E-state index is 12.3. The van der Waals surface area contributed by atoms with E-state index in [1.807, 2.05) is 6.92 Å². The molecule has 3 rings (SSSR count). The number of thioether (sulfide) groups is 1.